The highest BCUT2D eigenvalue weighted by Gasteiger charge is 2.27. The summed E-state index contributed by atoms with van der Waals surface area (Å²) in [7, 11) is 0. The lowest BCUT2D eigenvalue weighted by Gasteiger charge is -2.36. The largest absolute Gasteiger partial charge is 0.374 e. The van der Waals surface area contributed by atoms with Crippen LogP contribution in [0.25, 0.3) is 0 Å². The van der Waals surface area contributed by atoms with Gasteiger partial charge in [0.2, 0.25) is 0 Å². The molecule has 2 unspecified atom stereocenters. The van der Waals surface area contributed by atoms with Gasteiger partial charge in [-0.05, 0) is 19.4 Å². The van der Waals surface area contributed by atoms with Gasteiger partial charge in [0.1, 0.15) is 0 Å². The molecule has 0 aliphatic carbocycles. The zero-order valence-corrected chi connectivity index (χ0v) is 6.10. The lowest BCUT2D eigenvalue weighted by molar-refractivity contribution is -0.0304. The molecule has 2 N–H and O–H groups in total. The molecule has 2 heterocycles. The Morgan fingerprint density at radius 3 is 3.00 bits per heavy atom. The molecule has 0 bridgehead atoms. The van der Waals surface area contributed by atoms with Crippen molar-refractivity contribution in [3.63, 3.8) is 0 Å². The molecule has 0 spiro atoms. The predicted octanol–water partition coefficient (Wildman–Crippen LogP) is -0.316. The van der Waals surface area contributed by atoms with Gasteiger partial charge in [-0.1, -0.05) is 0 Å². The summed E-state index contributed by atoms with van der Waals surface area (Å²) >= 11 is 0. The van der Waals surface area contributed by atoms with Crippen LogP contribution in [-0.2, 0) is 4.74 Å². The van der Waals surface area contributed by atoms with Crippen LogP contribution in [0.5, 0.6) is 0 Å². The second-order valence-corrected chi connectivity index (χ2v) is 2.94. The number of hydrogen-bond donors (Lipinski definition) is 2. The molecule has 0 radical (unpaired) electrons. The summed E-state index contributed by atoms with van der Waals surface area (Å²) in [5.41, 5.74) is 0. The molecule has 0 saturated carbocycles. The van der Waals surface area contributed by atoms with E-state index in [4.69, 9.17) is 4.74 Å². The summed E-state index contributed by atoms with van der Waals surface area (Å²) in [6.07, 6.45) is 3.33. The van der Waals surface area contributed by atoms with E-state index >= 15 is 0 Å². The summed E-state index contributed by atoms with van der Waals surface area (Å²) in [5, 5.41) is 6.77. The number of piperidine rings is 1. The van der Waals surface area contributed by atoms with Crippen LogP contribution < -0.4 is 10.6 Å². The number of fused-ring (bicyclic) bond motifs is 1. The van der Waals surface area contributed by atoms with Crippen LogP contribution >= 0.6 is 0 Å². The molecule has 0 aromatic carbocycles. The first kappa shape index (κ1) is 6.58. The van der Waals surface area contributed by atoms with Gasteiger partial charge in [-0.3, -0.25) is 10.6 Å². The van der Waals surface area contributed by atoms with Crippen molar-refractivity contribution < 1.29 is 4.74 Å². The van der Waals surface area contributed by atoms with Gasteiger partial charge in [-0.15, -0.1) is 0 Å². The Labute approximate surface area is 61.1 Å². The minimum Gasteiger partial charge on any atom is -0.374 e. The normalized spacial score (nSPS) is 40.8. The van der Waals surface area contributed by atoms with E-state index in [1.165, 1.54) is 12.8 Å². The number of nitrogens with one attached hydrogen (secondary N) is 2. The monoisotopic (exact) mass is 142 g/mol. The molecule has 2 aliphatic heterocycles. The Hall–Kier alpha value is -0.120. The molecule has 3 nitrogen and oxygen atoms in total. The topological polar surface area (TPSA) is 33.3 Å². The summed E-state index contributed by atoms with van der Waals surface area (Å²) in [6.45, 7) is 3.01. The van der Waals surface area contributed by atoms with Crippen LogP contribution in [0.3, 0.4) is 0 Å². The van der Waals surface area contributed by atoms with Crippen LogP contribution in [0.2, 0.25) is 0 Å². The lowest BCUT2D eigenvalue weighted by atomic mass is 10.1. The van der Waals surface area contributed by atoms with E-state index in [0.29, 0.717) is 12.3 Å². The summed E-state index contributed by atoms with van der Waals surface area (Å²) in [6, 6.07) is 0. The molecule has 2 saturated heterocycles. The van der Waals surface area contributed by atoms with E-state index in [1.807, 2.05) is 0 Å². The van der Waals surface area contributed by atoms with Gasteiger partial charge >= 0.3 is 0 Å². The van der Waals surface area contributed by atoms with Gasteiger partial charge in [0.15, 0.2) is 0 Å². The Bertz CT molecular complexity index is 92.2. The Balaban J connectivity index is 1.93. The van der Waals surface area contributed by atoms with E-state index in [-0.39, 0.29) is 0 Å². The van der Waals surface area contributed by atoms with Crippen LogP contribution in [0, 0.1) is 0 Å². The van der Waals surface area contributed by atoms with Crippen molar-refractivity contribution >= 4 is 0 Å². The molecular weight excluding hydrogens is 128 g/mol. The number of hydrogen-bond acceptors (Lipinski definition) is 3. The average Bonchev–Trinajstić information content (AvgIpc) is 2.05. The highest BCUT2D eigenvalue weighted by atomic mass is 16.5. The van der Waals surface area contributed by atoms with Gasteiger partial charge in [-0.2, -0.15) is 0 Å². The predicted molar refractivity (Wildman–Crippen MR) is 38.8 cm³/mol. The SMILES string of the molecule is C1CNC2NCCOC2C1. The van der Waals surface area contributed by atoms with Gasteiger partial charge in [0.25, 0.3) is 0 Å². The van der Waals surface area contributed by atoms with E-state index in [1.54, 1.807) is 0 Å². The van der Waals surface area contributed by atoms with E-state index in [0.717, 1.165) is 19.7 Å². The molecule has 2 atom stereocenters. The standard InChI is InChI=1S/C7H14N2O/c1-2-6-7(8-3-1)9-4-5-10-6/h6-9H,1-5H2. The highest BCUT2D eigenvalue weighted by Crippen LogP contribution is 2.12. The van der Waals surface area contributed by atoms with Crippen molar-refractivity contribution in [1.29, 1.82) is 0 Å². The van der Waals surface area contributed by atoms with Crippen molar-refractivity contribution in [2.75, 3.05) is 19.7 Å². The molecule has 3 heteroatoms. The Morgan fingerprint density at radius 2 is 2.10 bits per heavy atom. The molecule has 2 aliphatic rings. The fourth-order valence-electron chi connectivity index (χ4n) is 1.67. The Morgan fingerprint density at radius 1 is 1.20 bits per heavy atom. The van der Waals surface area contributed by atoms with Crippen LogP contribution in [0.15, 0.2) is 0 Å². The summed E-state index contributed by atoms with van der Waals surface area (Å²) in [4.78, 5) is 0. The van der Waals surface area contributed by atoms with Crippen molar-refractivity contribution in [2.45, 2.75) is 25.1 Å². The van der Waals surface area contributed by atoms with E-state index < -0.39 is 0 Å². The Kier molecular flexibility index (Phi) is 1.88. The van der Waals surface area contributed by atoms with Crippen molar-refractivity contribution in [3.05, 3.63) is 0 Å². The van der Waals surface area contributed by atoms with E-state index in [2.05, 4.69) is 10.6 Å². The average molecular weight is 142 g/mol. The maximum absolute atomic E-state index is 5.56. The first-order chi connectivity index (χ1) is 4.97. The van der Waals surface area contributed by atoms with E-state index in [9.17, 15) is 0 Å². The summed E-state index contributed by atoms with van der Waals surface area (Å²) in [5.74, 6) is 0. The van der Waals surface area contributed by atoms with Gasteiger partial charge < -0.3 is 4.74 Å². The molecular formula is C7H14N2O. The third-order valence-electron chi connectivity index (χ3n) is 2.20. The van der Waals surface area contributed by atoms with Gasteiger partial charge in [0, 0.05) is 6.54 Å². The minimum atomic E-state index is 0.433. The van der Waals surface area contributed by atoms with Crippen molar-refractivity contribution in [2.24, 2.45) is 0 Å². The molecule has 58 valence electrons. The molecule has 2 fully saturated rings. The quantitative estimate of drug-likeness (QED) is 0.486. The smallest absolute Gasteiger partial charge is 0.0860 e. The maximum Gasteiger partial charge on any atom is 0.0860 e. The zero-order chi connectivity index (χ0) is 6.81. The van der Waals surface area contributed by atoms with Crippen molar-refractivity contribution in [1.82, 2.24) is 10.6 Å². The zero-order valence-electron chi connectivity index (χ0n) is 6.10. The number of ether oxygens (including phenoxy) is 1. The molecule has 0 aromatic heterocycles. The van der Waals surface area contributed by atoms with Crippen LogP contribution in [0.4, 0.5) is 0 Å². The molecule has 10 heavy (non-hydrogen) atoms. The fourth-order valence-corrected chi connectivity index (χ4v) is 1.67. The summed E-state index contributed by atoms with van der Waals surface area (Å²) < 4.78 is 5.56. The number of morpholine rings is 1. The second-order valence-electron chi connectivity index (χ2n) is 2.94. The number of rotatable bonds is 0. The third kappa shape index (κ3) is 1.17. The highest BCUT2D eigenvalue weighted by molar-refractivity contribution is 4.82. The van der Waals surface area contributed by atoms with Gasteiger partial charge in [0.05, 0.1) is 18.9 Å². The van der Waals surface area contributed by atoms with Crippen molar-refractivity contribution in [3.8, 4) is 0 Å². The third-order valence-corrected chi connectivity index (χ3v) is 2.20. The van der Waals surface area contributed by atoms with Gasteiger partial charge in [-0.25, -0.2) is 0 Å². The van der Waals surface area contributed by atoms with Crippen LogP contribution in [-0.4, -0.2) is 32.0 Å². The molecule has 2 rings (SSSR count). The van der Waals surface area contributed by atoms with Crippen LogP contribution in [0.1, 0.15) is 12.8 Å². The maximum atomic E-state index is 5.56. The molecule has 0 aromatic rings. The molecule has 0 amide bonds. The lowest BCUT2D eigenvalue weighted by Crippen LogP contribution is -2.58. The second kappa shape index (κ2) is 2.86. The first-order valence-electron chi connectivity index (χ1n) is 4.05. The first-order valence-corrected chi connectivity index (χ1v) is 4.05. The fraction of sp³-hybridized carbons (Fsp3) is 1.00. The minimum absolute atomic E-state index is 0.433.